The number of hydrogen-bond donors (Lipinski definition) is 5. The smallest absolute Gasteiger partial charge is 0.0654 e. The van der Waals surface area contributed by atoms with Gasteiger partial charge in [0.2, 0.25) is 0 Å². The van der Waals surface area contributed by atoms with Crippen LogP contribution in [-0.4, -0.2) is 43.4 Å². The van der Waals surface area contributed by atoms with E-state index in [9.17, 15) is 14.7 Å². The minimum Gasteiger partial charge on any atom is -0.0654 e. The van der Waals surface area contributed by atoms with Crippen molar-refractivity contribution in [2.75, 3.05) is 18.9 Å². The quantitative estimate of drug-likeness (QED) is 0.0315. The predicted octanol–water partition coefficient (Wildman–Crippen LogP) is 14.6. The summed E-state index contributed by atoms with van der Waals surface area (Å²) in [4.78, 5) is 48.1. The second-order valence-corrected chi connectivity index (χ2v) is 19.9. The minimum atomic E-state index is -4.37. The molecule has 0 aliphatic rings. The molecule has 50 heavy (non-hydrogen) atoms. The number of hydrogen-bond acceptors (Lipinski definition) is 6. The van der Waals surface area contributed by atoms with Crippen LogP contribution in [0.5, 0.6) is 0 Å². The van der Waals surface area contributed by atoms with Gasteiger partial charge >= 0.3 is 184 Å². The standard InChI is InChI=1S/C28H61O3P.C14H31O3P/c1-3-5-7-9-11-13-15-17-19-21-23-25-27-32(29,30,31)28-26-24-22-20-18-16-14-12-10-8-6-4-2;1-2-3-4-5-6-7-8-9-10-11-12-13-14-17-18(15)16/h29-31H,3-28H2,1-2H3;15-16H,2-14H2,1H3. The second-order valence-electron chi connectivity index (χ2n) is 15.5. The molecule has 6 nitrogen and oxygen atoms in total. The van der Waals surface area contributed by atoms with Crippen molar-refractivity contribution < 1.29 is 29.0 Å². The average Bonchev–Trinajstić information content (AvgIpc) is 3.08. The third kappa shape index (κ3) is 48.6. The molecule has 5 N–H and O–H groups in total. The predicted molar refractivity (Wildman–Crippen MR) is 224 cm³/mol. The maximum absolute atomic E-state index is 10.3. The van der Waals surface area contributed by atoms with Gasteiger partial charge in [-0.1, -0.05) is 104 Å². The number of rotatable bonds is 40. The van der Waals surface area contributed by atoms with E-state index < -0.39 is 15.9 Å². The SMILES string of the molecule is CCCCCCCCCCCCCCOP(O)O.CCCCCCCCCCCCCCP(O)(O)(O)CCCCCCCCCCCCCC. The monoisotopic (exact) mass is 755 g/mol. The molecule has 0 bridgehead atoms. The van der Waals surface area contributed by atoms with Crippen molar-refractivity contribution in [3.8, 4) is 0 Å². The summed E-state index contributed by atoms with van der Waals surface area (Å²) in [7, 11) is -6.51. The second kappa shape index (κ2) is 40.8. The Hall–Kier alpha value is 0.620. The molecule has 0 aliphatic carbocycles. The Kier molecular flexibility index (Phi) is 43.0. The van der Waals surface area contributed by atoms with E-state index in [-0.39, 0.29) is 12.3 Å². The van der Waals surface area contributed by atoms with E-state index in [4.69, 9.17) is 14.3 Å². The zero-order chi connectivity index (χ0) is 37.3. The molecule has 0 radical (unpaired) electrons. The van der Waals surface area contributed by atoms with Gasteiger partial charge in [-0.15, -0.1) is 0 Å². The fourth-order valence-electron chi connectivity index (χ4n) is 6.75. The Labute approximate surface area is 314 Å². The van der Waals surface area contributed by atoms with Gasteiger partial charge < -0.3 is 14.3 Å². The van der Waals surface area contributed by atoms with Gasteiger partial charge in [-0.25, -0.2) is 0 Å². The van der Waals surface area contributed by atoms with Gasteiger partial charge in [-0.05, 0) is 6.42 Å². The molecule has 0 fully saturated rings. The van der Waals surface area contributed by atoms with Crippen LogP contribution in [0.4, 0.5) is 0 Å². The summed E-state index contributed by atoms with van der Waals surface area (Å²) >= 11 is 0. The Morgan fingerprint density at radius 3 is 0.740 bits per heavy atom. The Bertz CT molecular complexity index is 597. The van der Waals surface area contributed by atoms with Crippen LogP contribution in [0.25, 0.3) is 0 Å². The van der Waals surface area contributed by atoms with E-state index >= 15 is 0 Å². The molecule has 0 aromatic rings. The summed E-state index contributed by atoms with van der Waals surface area (Å²) in [5, 5.41) is 0. The molecule has 0 saturated heterocycles. The first-order valence-electron chi connectivity index (χ1n) is 22.2. The van der Waals surface area contributed by atoms with Gasteiger partial charge in [0, 0.05) is 0 Å². The van der Waals surface area contributed by atoms with Crippen molar-refractivity contribution in [2.45, 2.75) is 252 Å². The molecule has 0 spiro atoms. The van der Waals surface area contributed by atoms with Crippen molar-refractivity contribution in [1.82, 2.24) is 0 Å². The average molecular weight is 755 g/mol. The molecular formula is C42H92O6P2. The van der Waals surface area contributed by atoms with E-state index in [1.54, 1.807) is 0 Å². The van der Waals surface area contributed by atoms with Crippen LogP contribution in [-0.2, 0) is 4.52 Å². The maximum atomic E-state index is 10.3. The molecule has 0 aromatic carbocycles. The van der Waals surface area contributed by atoms with Gasteiger partial charge in [-0.2, -0.15) is 0 Å². The van der Waals surface area contributed by atoms with Crippen molar-refractivity contribution in [3.05, 3.63) is 0 Å². The van der Waals surface area contributed by atoms with Gasteiger partial charge in [0.1, 0.15) is 0 Å². The van der Waals surface area contributed by atoms with Crippen LogP contribution >= 0.6 is 15.9 Å². The zero-order valence-electron chi connectivity index (χ0n) is 34.1. The van der Waals surface area contributed by atoms with Crippen LogP contribution in [0.3, 0.4) is 0 Å². The van der Waals surface area contributed by atoms with Crippen LogP contribution in [0, 0.1) is 0 Å². The van der Waals surface area contributed by atoms with Crippen molar-refractivity contribution in [1.29, 1.82) is 0 Å². The Balaban J connectivity index is 0. The van der Waals surface area contributed by atoms with Crippen LogP contribution in [0.1, 0.15) is 252 Å². The normalized spacial score (nSPS) is 12.6. The third-order valence-corrected chi connectivity index (χ3v) is 13.0. The van der Waals surface area contributed by atoms with Crippen molar-refractivity contribution in [3.63, 3.8) is 0 Å². The van der Waals surface area contributed by atoms with Crippen LogP contribution < -0.4 is 0 Å². The van der Waals surface area contributed by atoms with E-state index in [1.807, 2.05) is 0 Å². The number of unbranched alkanes of at least 4 members (excludes halogenated alkanes) is 33. The van der Waals surface area contributed by atoms with Gasteiger partial charge in [0.15, 0.2) is 0 Å². The van der Waals surface area contributed by atoms with Crippen LogP contribution in [0.15, 0.2) is 0 Å². The molecule has 0 aromatic heterocycles. The molecule has 0 aliphatic heterocycles. The van der Waals surface area contributed by atoms with E-state index in [0.29, 0.717) is 6.61 Å². The molecule has 306 valence electrons. The van der Waals surface area contributed by atoms with E-state index in [0.717, 1.165) is 51.4 Å². The van der Waals surface area contributed by atoms with Gasteiger partial charge in [0.05, 0.1) is 6.61 Å². The summed E-state index contributed by atoms with van der Waals surface area (Å²) < 4.78 is 4.71. The van der Waals surface area contributed by atoms with Gasteiger partial charge in [0.25, 0.3) is 0 Å². The first-order valence-corrected chi connectivity index (χ1v) is 25.9. The first-order chi connectivity index (χ1) is 24.2. The summed E-state index contributed by atoms with van der Waals surface area (Å²) in [6.07, 6.45) is 46.2. The fourth-order valence-corrected chi connectivity index (χ4v) is 9.01. The Morgan fingerprint density at radius 1 is 0.320 bits per heavy atom. The first kappa shape index (κ1) is 52.7. The molecule has 8 heteroatoms. The third-order valence-electron chi connectivity index (χ3n) is 10.1. The molecule has 0 amide bonds. The molecule has 0 saturated carbocycles. The fraction of sp³-hybridized carbons (Fsp3) is 1.00. The van der Waals surface area contributed by atoms with Crippen molar-refractivity contribution in [2.24, 2.45) is 0 Å². The molecular weight excluding hydrogens is 662 g/mol. The minimum absolute atomic E-state index is 0.209. The summed E-state index contributed by atoms with van der Waals surface area (Å²) in [6, 6.07) is 0. The molecule has 0 atom stereocenters. The molecule has 0 rings (SSSR count). The van der Waals surface area contributed by atoms with E-state index in [2.05, 4.69) is 20.8 Å². The van der Waals surface area contributed by atoms with E-state index in [1.165, 1.54) is 180 Å². The molecule has 0 heterocycles. The van der Waals surface area contributed by atoms with Gasteiger partial charge in [-0.3, -0.25) is 0 Å². The zero-order valence-corrected chi connectivity index (χ0v) is 35.9. The Morgan fingerprint density at radius 2 is 0.520 bits per heavy atom. The topological polar surface area (TPSA) is 110 Å². The molecule has 0 unspecified atom stereocenters. The summed E-state index contributed by atoms with van der Waals surface area (Å²) in [5.74, 6) is 0. The van der Waals surface area contributed by atoms with Crippen molar-refractivity contribution >= 4 is 15.9 Å². The summed E-state index contributed by atoms with van der Waals surface area (Å²) in [6.45, 7) is 7.26. The summed E-state index contributed by atoms with van der Waals surface area (Å²) in [5.41, 5.74) is 0. The van der Waals surface area contributed by atoms with Crippen LogP contribution in [0.2, 0.25) is 0 Å².